The van der Waals surface area contributed by atoms with E-state index >= 15 is 0 Å². The van der Waals surface area contributed by atoms with Gasteiger partial charge in [-0.25, -0.2) is 4.79 Å². The molecule has 1 saturated heterocycles. The Morgan fingerprint density at radius 3 is 2.78 bits per heavy atom. The Morgan fingerprint density at radius 2 is 2.13 bits per heavy atom. The Hall–Kier alpha value is -2.38. The summed E-state index contributed by atoms with van der Waals surface area (Å²) in [6, 6.07) is 8.49. The summed E-state index contributed by atoms with van der Waals surface area (Å²) in [7, 11) is 0. The molecule has 23 heavy (non-hydrogen) atoms. The predicted octanol–water partition coefficient (Wildman–Crippen LogP) is 3.44. The summed E-state index contributed by atoms with van der Waals surface area (Å²) in [5.74, 6) is -0.182. The van der Waals surface area contributed by atoms with Crippen molar-refractivity contribution in [3.8, 4) is 11.3 Å². The van der Waals surface area contributed by atoms with E-state index in [1.165, 1.54) is 11.8 Å². The average molecular weight is 345 g/mol. The summed E-state index contributed by atoms with van der Waals surface area (Å²) >= 11 is 6.11. The molecule has 1 aromatic heterocycles. The maximum atomic E-state index is 11.6. The van der Waals surface area contributed by atoms with Gasteiger partial charge in [0.25, 0.3) is 5.91 Å². The van der Waals surface area contributed by atoms with Crippen LogP contribution >= 0.6 is 24.0 Å². The Labute approximate surface area is 141 Å². The van der Waals surface area contributed by atoms with E-state index in [1.54, 1.807) is 43.3 Å². The quantitative estimate of drug-likeness (QED) is 0.655. The van der Waals surface area contributed by atoms with Crippen molar-refractivity contribution >= 4 is 46.3 Å². The SMILES string of the molecule is Cc1c(C(=O)O)cccc1-c1ccc(/C=C2\SC(=S)NC2=O)o1. The zero-order valence-electron chi connectivity index (χ0n) is 12.0. The summed E-state index contributed by atoms with van der Waals surface area (Å²) < 4.78 is 6.14. The number of carbonyl (C=O) groups is 2. The molecular formula is C16H11NO4S2. The molecule has 1 aliphatic rings. The first-order valence-corrected chi connectivity index (χ1v) is 7.86. The molecule has 1 aliphatic heterocycles. The van der Waals surface area contributed by atoms with Crippen LogP contribution in [-0.2, 0) is 4.79 Å². The number of carboxylic acid groups (broad SMARTS) is 1. The minimum atomic E-state index is -0.981. The van der Waals surface area contributed by atoms with Crippen molar-refractivity contribution in [1.82, 2.24) is 5.32 Å². The topological polar surface area (TPSA) is 79.5 Å². The number of thioether (sulfide) groups is 1. The van der Waals surface area contributed by atoms with E-state index in [1.807, 2.05) is 0 Å². The van der Waals surface area contributed by atoms with Crippen molar-refractivity contribution in [2.45, 2.75) is 6.92 Å². The van der Waals surface area contributed by atoms with E-state index < -0.39 is 5.97 Å². The number of carbonyl (C=O) groups excluding carboxylic acids is 1. The number of rotatable bonds is 3. The van der Waals surface area contributed by atoms with E-state index in [2.05, 4.69) is 5.32 Å². The third-order valence-corrected chi connectivity index (χ3v) is 4.53. The van der Waals surface area contributed by atoms with Crippen molar-refractivity contribution in [3.63, 3.8) is 0 Å². The number of amides is 1. The van der Waals surface area contributed by atoms with Crippen molar-refractivity contribution < 1.29 is 19.1 Å². The van der Waals surface area contributed by atoms with Crippen LogP contribution in [0, 0.1) is 6.92 Å². The highest BCUT2D eigenvalue weighted by molar-refractivity contribution is 8.26. The first-order valence-electron chi connectivity index (χ1n) is 6.63. The van der Waals surface area contributed by atoms with Crippen molar-refractivity contribution in [3.05, 3.63) is 52.1 Å². The number of benzene rings is 1. The molecule has 0 aliphatic carbocycles. The molecule has 0 spiro atoms. The van der Waals surface area contributed by atoms with E-state index in [0.717, 1.165) is 0 Å². The monoisotopic (exact) mass is 345 g/mol. The maximum absolute atomic E-state index is 11.6. The highest BCUT2D eigenvalue weighted by atomic mass is 32.2. The van der Waals surface area contributed by atoms with Gasteiger partial charge in [-0.3, -0.25) is 4.79 Å². The highest BCUT2D eigenvalue weighted by Gasteiger charge is 2.22. The van der Waals surface area contributed by atoms with Gasteiger partial charge in [0.05, 0.1) is 10.5 Å². The molecule has 1 aromatic carbocycles. The van der Waals surface area contributed by atoms with E-state index in [-0.39, 0.29) is 11.5 Å². The molecule has 0 radical (unpaired) electrons. The fourth-order valence-corrected chi connectivity index (χ4v) is 3.28. The minimum absolute atomic E-state index is 0.231. The molecule has 3 rings (SSSR count). The number of carboxylic acids is 1. The van der Waals surface area contributed by atoms with Gasteiger partial charge in [-0.2, -0.15) is 0 Å². The molecule has 5 nitrogen and oxygen atoms in total. The highest BCUT2D eigenvalue weighted by Crippen LogP contribution is 2.30. The van der Waals surface area contributed by atoms with Crippen molar-refractivity contribution in [1.29, 1.82) is 0 Å². The summed E-state index contributed by atoms with van der Waals surface area (Å²) in [5, 5.41) is 11.7. The van der Waals surface area contributed by atoms with Gasteiger partial charge in [-0.1, -0.05) is 36.1 Å². The van der Waals surface area contributed by atoms with Crippen molar-refractivity contribution in [2.75, 3.05) is 0 Å². The number of nitrogens with one attached hydrogen (secondary N) is 1. The van der Waals surface area contributed by atoms with Gasteiger partial charge in [-0.15, -0.1) is 0 Å². The molecule has 0 saturated carbocycles. The lowest BCUT2D eigenvalue weighted by molar-refractivity contribution is -0.115. The Morgan fingerprint density at radius 1 is 1.35 bits per heavy atom. The van der Waals surface area contributed by atoms with Crippen molar-refractivity contribution in [2.24, 2.45) is 0 Å². The molecule has 1 amide bonds. The minimum Gasteiger partial charge on any atom is -0.478 e. The number of aromatic carboxylic acids is 1. The zero-order chi connectivity index (χ0) is 16.6. The van der Waals surface area contributed by atoms with Crippen LogP contribution in [0.2, 0.25) is 0 Å². The van der Waals surface area contributed by atoms with Gasteiger partial charge in [0.1, 0.15) is 15.8 Å². The molecule has 0 unspecified atom stereocenters. The van der Waals surface area contributed by atoms with Crippen LogP contribution in [0.15, 0.2) is 39.7 Å². The Balaban J connectivity index is 1.96. The Bertz CT molecular complexity index is 867. The van der Waals surface area contributed by atoms with Gasteiger partial charge >= 0.3 is 5.97 Å². The molecule has 116 valence electrons. The third kappa shape index (κ3) is 3.06. The molecule has 2 N–H and O–H groups in total. The average Bonchev–Trinajstić information content (AvgIpc) is 3.06. The lowest BCUT2D eigenvalue weighted by atomic mass is 10.0. The molecule has 7 heteroatoms. The molecule has 2 heterocycles. The smallest absolute Gasteiger partial charge is 0.335 e. The van der Waals surface area contributed by atoms with Gasteiger partial charge in [-0.05, 0) is 30.7 Å². The van der Waals surface area contributed by atoms with E-state index in [0.29, 0.717) is 31.9 Å². The fraction of sp³-hybridized carbons (Fsp3) is 0.0625. The molecule has 0 atom stereocenters. The second kappa shape index (κ2) is 6.02. The lowest BCUT2D eigenvalue weighted by Gasteiger charge is -2.05. The Kier molecular flexibility index (Phi) is 4.06. The van der Waals surface area contributed by atoms with Crippen LogP contribution in [0.5, 0.6) is 0 Å². The number of furan rings is 1. The van der Waals surface area contributed by atoms with Crippen LogP contribution < -0.4 is 5.32 Å². The van der Waals surface area contributed by atoms with Crippen LogP contribution in [0.4, 0.5) is 0 Å². The van der Waals surface area contributed by atoms with Crippen LogP contribution in [0.1, 0.15) is 21.7 Å². The zero-order valence-corrected chi connectivity index (χ0v) is 13.6. The van der Waals surface area contributed by atoms with Gasteiger partial charge < -0.3 is 14.8 Å². The molecule has 1 fully saturated rings. The maximum Gasteiger partial charge on any atom is 0.335 e. The van der Waals surface area contributed by atoms with Gasteiger partial charge in [0.15, 0.2) is 0 Å². The predicted molar refractivity (Wildman–Crippen MR) is 92.1 cm³/mol. The second-order valence-electron chi connectivity index (χ2n) is 4.84. The summed E-state index contributed by atoms with van der Waals surface area (Å²) in [5.41, 5.74) is 1.56. The summed E-state index contributed by atoms with van der Waals surface area (Å²) in [4.78, 5) is 23.3. The largest absolute Gasteiger partial charge is 0.478 e. The number of hydrogen-bond donors (Lipinski definition) is 2. The number of hydrogen-bond acceptors (Lipinski definition) is 5. The lowest BCUT2D eigenvalue weighted by Crippen LogP contribution is -2.17. The third-order valence-electron chi connectivity index (χ3n) is 3.37. The van der Waals surface area contributed by atoms with Gasteiger partial charge in [0, 0.05) is 11.6 Å². The number of thiocarbonyl (C=S) groups is 1. The fourth-order valence-electron chi connectivity index (χ4n) is 2.26. The van der Waals surface area contributed by atoms with Crippen LogP contribution in [-0.4, -0.2) is 21.3 Å². The normalized spacial score (nSPS) is 16.0. The summed E-state index contributed by atoms with van der Waals surface area (Å²) in [6.07, 6.45) is 1.61. The molecular weight excluding hydrogens is 334 g/mol. The van der Waals surface area contributed by atoms with Crippen LogP contribution in [0.3, 0.4) is 0 Å². The molecule has 0 bridgehead atoms. The standard InChI is InChI=1S/C16H11NO4S2/c1-8-10(3-2-4-11(8)15(19)20)12-6-5-9(21-12)7-13-14(18)17-16(22)23-13/h2-7H,1H3,(H,19,20)(H,17,18,22)/b13-7-. The summed E-state index contributed by atoms with van der Waals surface area (Å²) in [6.45, 7) is 1.73. The van der Waals surface area contributed by atoms with E-state index in [9.17, 15) is 14.7 Å². The first-order chi connectivity index (χ1) is 11.0. The first kappa shape index (κ1) is 15.5. The van der Waals surface area contributed by atoms with Gasteiger partial charge in [0.2, 0.25) is 0 Å². The van der Waals surface area contributed by atoms with E-state index in [4.69, 9.17) is 16.6 Å². The molecule has 2 aromatic rings. The van der Waals surface area contributed by atoms with Crippen LogP contribution in [0.25, 0.3) is 17.4 Å². The second-order valence-corrected chi connectivity index (χ2v) is 6.56.